The van der Waals surface area contributed by atoms with Crippen molar-refractivity contribution in [1.29, 1.82) is 0 Å². The number of hydroxylamine groups is 2. The molecule has 0 bridgehead atoms. The maximum Gasteiger partial charge on any atom is 0.329 e. The van der Waals surface area contributed by atoms with E-state index < -0.39 is 0 Å². The summed E-state index contributed by atoms with van der Waals surface area (Å²) in [5, 5.41) is 1.82. The molecule has 2 rings (SSSR count). The third-order valence-electron chi connectivity index (χ3n) is 3.60. The molecule has 1 saturated heterocycles. The first-order valence-corrected chi connectivity index (χ1v) is 6.74. The quantitative estimate of drug-likeness (QED) is 0.800. The van der Waals surface area contributed by atoms with Crippen molar-refractivity contribution in [2.45, 2.75) is 45.7 Å². The van der Waals surface area contributed by atoms with E-state index in [0.717, 1.165) is 19.3 Å². The molecule has 1 fully saturated rings. The van der Waals surface area contributed by atoms with Crippen LogP contribution in [0.5, 0.6) is 0 Å². The van der Waals surface area contributed by atoms with E-state index in [9.17, 15) is 4.79 Å². The van der Waals surface area contributed by atoms with Crippen LogP contribution < -0.4 is 0 Å². The summed E-state index contributed by atoms with van der Waals surface area (Å²) in [6.07, 6.45) is 3.14. The lowest BCUT2D eigenvalue weighted by Crippen LogP contribution is -2.28. The second-order valence-electron chi connectivity index (χ2n) is 4.96. The fourth-order valence-electron chi connectivity index (χ4n) is 2.39. The third-order valence-corrected chi connectivity index (χ3v) is 3.60. The summed E-state index contributed by atoms with van der Waals surface area (Å²) < 4.78 is 0. The fourth-order valence-corrected chi connectivity index (χ4v) is 2.39. The molecular weight excluding hydrogens is 226 g/mol. The Bertz CT molecular complexity index is 391. The molecule has 1 aromatic rings. The van der Waals surface area contributed by atoms with Crippen LogP contribution in [0.2, 0.25) is 0 Å². The Morgan fingerprint density at radius 2 is 2.00 bits per heavy atom. The average Bonchev–Trinajstić information content (AvgIpc) is 2.64. The van der Waals surface area contributed by atoms with Gasteiger partial charge in [0.05, 0.1) is 18.5 Å². The summed E-state index contributed by atoms with van der Waals surface area (Å²) in [6.45, 7) is 4.90. The van der Waals surface area contributed by atoms with E-state index in [4.69, 9.17) is 4.84 Å². The van der Waals surface area contributed by atoms with Crippen LogP contribution in [-0.2, 0) is 16.2 Å². The highest BCUT2D eigenvalue weighted by Gasteiger charge is 2.39. The van der Waals surface area contributed by atoms with Gasteiger partial charge >= 0.3 is 5.97 Å². The van der Waals surface area contributed by atoms with Crippen molar-refractivity contribution in [3.63, 3.8) is 0 Å². The number of benzene rings is 1. The summed E-state index contributed by atoms with van der Waals surface area (Å²) in [5.74, 6) is -0.0273. The lowest BCUT2D eigenvalue weighted by molar-refractivity contribution is -0.177. The van der Waals surface area contributed by atoms with Gasteiger partial charge in [-0.2, -0.15) is 0 Å². The first kappa shape index (κ1) is 13.1. The van der Waals surface area contributed by atoms with Gasteiger partial charge < -0.3 is 4.84 Å². The highest BCUT2D eigenvalue weighted by molar-refractivity contribution is 5.74. The summed E-state index contributed by atoms with van der Waals surface area (Å²) in [7, 11) is 0. The molecule has 0 radical (unpaired) electrons. The summed E-state index contributed by atoms with van der Waals surface area (Å²) >= 11 is 0. The fraction of sp³-hybridized carbons (Fsp3) is 0.533. The zero-order chi connectivity index (χ0) is 13.0. The Morgan fingerprint density at radius 1 is 1.28 bits per heavy atom. The Balaban J connectivity index is 1.97. The predicted molar refractivity (Wildman–Crippen MR) is 70.6 cm³/mol. The topological polar surface area (TPSA) is 29.5 Å². The Morgan fingerprint density at radius 3 is 2.67 bits per heavy atom. The first-order valence-electron chi connectivity index (χ1n) is 6.74. The normalized spacial score (nSPS) is 24.2. The van der Waals surface area contributed by atoms with Crippen LogP contribution in [0.15, 0.2) is 30.3 Å². The Labute approximate surface area is 109 Å². The van der Waals surface area contributed by atoms with Crippen molar-refractivity contribution in [3.05, 3.63) is 35.9 Å². The van der Waals surface area contributed by atoms with E-state index in [1.165, 1.54) is 5.56 Å². The number of unbranched alkanes of at least 4 members (excludes halogenated alkanes) is 1. The highest BCUT2D eigenvalue weighted by Crippen LogP contribution is 2.28. The number of hydrogen-bond donors (Lipinski definition) is 0. The number of carbonyl (C=O) groups is 1. The zero-order valence-electron chi connectivity index (χ0n) is 11.1. The van der Waals surface area contributed by atoms with Crippen LogP contribution in [0.1, 0.15) is 38.7 Å². The minimum Gasteiger partial charge on any atom is -0.367 e. The van der Waals surface area contributed by atoms with Crippen molar-refractivity contribution in [2.24, 2.45) is 5.92 Å². The van der Waals surface area contributed by atoms with Crippen LogP contribution >= 0.6 is 0 Å². The molecule has 0 N–H and O–H groups in total. The van der Waals surface area contributed by atoms with E-state index in [2.05, 4.69) is 26.0 Å². The van der Waals surface area contributed by atoms with E-state index in [-0.39, 0.29) is 17.9 Å². The molecule has 0 unspecified atom stereocenters. The van der Waals surface area contributed by atoms with Gasteiger partial charge in [-0.1, -0.05) is 50.1 Å². The molecule has 1 aromatic carbocycles. The molecule has 3 heteroatoms. The number of hydrogen-bond acceptors (Lipinski definition) is 3. The Kier molecular flexibility index (Phi) is 4.37. The van der Waals surface area contributed by atoms with Gasteiger partial charge in [-0.05, 0) is 18.9 Å². The molecule has 98 valence electrons. The Hall–Kier alpha value is -1.35. The minimum absolute atomic E-state index is 0.0358. The van der Waals surface area contributed by atoms with Crippen molar-refractivity contribution in [2.75, 3.05) is 0 Å². The van der Waals surface area contributed by atoms with Crippen LogP contribution in [0.3, 0.4) is 0 Å². The van der Waals surface area contributed by atoms with Gasteiger partial charge in [0.1, 0.15) is 0 Å². The maximum atomic E-state index is 11.8. The molecule has 1 aliphatic rings. The molecule has 3 nitrogen and oxygen atoms in total. The van der Waals surface area contributed by atoms with Crippen LogP contribution in [0, 0.1) is 5.92 Å². The smallest absolute Gasteiger partial charge is 0.329 e. The van der Waals surface area contributed by atoms with Crippen molar-refractivity contribution in [3.8, 4) is 0 Å². The summed E-state index contributed by atoms with van der Waals surface area (Å²) in [4.78, 5) is 17.2. The van der Waals surface area contributed by atoms with Gasteiger partial charge in [0.2, 0.25) is 0 Å². The van der Waals surface area contributed by atoms with Crippen molar-refractivity contribution < 1.29 is 9.63 Å². The SMILES string of the molecule is CCCC[C@H]1C(=O)ON(Cc2ccccc2)[C@@H]1C. The standard InChI is InChI=1S/C15H21NO2/c1-3-4-10-14-12(2)16(18-15(14)17)11-13-8-6-5-7-9-13/h5-9,12,14H,3-4,10-11H2,1-2H3/t12-,14-/m1/s1. The number of rotatable bonds is 5. The molecule has 18 heavy (non-hydrogen) atoms. The van der Waals surface area contributed by atoms with E-state index in [1.54, 1.807) is 0 Å². The second-order valence-corrected chi connectivity index (χ2v) is 4.96. The van der Waals surface area contributed by atoms with Crippen LogP contribution in [0.4, 0.5) is 0 Å². The summed E-state index contributed by atoms with van der Waals surface area (Å²) in [5.41, 5.74) is 1.17. The van der Waals surface area contributed by atoms with Gasteiger partial charge in [0, 0.05) is 0 Å². The van der Waals surface area contributed by atoms with Gasteiger partial charge in [0.25, 0.3) is 0 Å². The molecule has 2 atom stereocenters. The third kappa shape index (κ3) is 2.91. The molecule has 0 amide bonds. The molecule has 0 aromatic heterocycles. The van der Waals surface area contributed by atoms with E-state index in [0.29, 0.717) is 6.54 Å². The van der Waals surface area contributed by atoms with Gasteiger partial charge in [-0.15, -0.1) is 5.06 Å². The van der Waals surface area contributed by atoms with Gasteiger partial charge in [-0.25, -0.2) is 4.79 Å². The molecule has 1 heterocycles. The van der Waals surface area contributed by atoms with Crippen LogP contribution in [-0.4, -0.2) is 17.1 Å². The van der Waals surface area contributed by atoms with Crippen molar-refractivity contribution >= 4 is 5.97 Å². The number of nitrogens with zero attached hydrogens (tertiary/aromatic N) is 1. The molecule has 0 aliphatic carbocycles. The van der Waals surface area contributed by atoms with Crippen LogP contribution in [0.25, 0.3) is 0 Å². The van der Waals surface area contributed by atoms with Gasteiger partial charge in [0.15, 0.2) is 0 Å². The lowest BCUT2D eigenvalue weighted by atomic mass is 9.96. The second kappa shape index (κ2) is 6.01. The molecule has 1 aliphatic heterocycles. The first-order chi connectivity index (χ1) is 8.72. The molecular formula is C15H21NO2. The summed E-state index contributed by atoms with van der Waals surface area (Å²) in [6, 6.07) is 10.3. The van der Waals surface area contributed by atoms with Crippen molar-refractivity contribution in [1.82, 2.24) is 5.06 Å². The minimum atomic E-state index is -0.0631. The van der Waals surface area contributed by atoms with E-state index >= 15 is 0 Å². The van der Waals surface area contributed by atoms with E-state index in [1.807, 2.05) is 23.3 Å². The average molecular weight is 247 g/mol. The molecule has 0 saturated carbocycles. The highest BCUT2D eigenvalue weighted by atomic mass is 16.7. The number of carbonyl (C=O) groups excluding carboxylic acids is 1. The predicted octanol–water partition coefficient (Wildman–Crippen LogP) is 3.16. The maximum absolute atomic E-state index is 11.8. The molecule has 0 spiro atoms. The monoisotopic (exact) mass is 247 g/mol. The largest absolute Gasteiger partial charge is 0.367 e. The van der Waals surface area contributed by atoms with Gasteiger partial charge in [-0.3, -0.25) is 0 Å². The zero-order valence-corrected chi connectivity index (χ0v) is 11.1. The lowest BCUT2D eigenvalue weighted by Gasteiger charge is -2.19.